The van der Waals surface area contributed by atoms with Crippen LogP contribution in [0.1, 0.15) is 0 Å². The number of anilines is 1. The summed E-state index contributed by atoms with van der Waals surface area (Å²) >= 11 is 7.38. The standard InChI is InChI=1S/C24H16ClN3O2S/c25-18-8-5-16(6-9-18)20-13-31-23-22(20)24(30)28(14-26-23)12-21(29)27-19-10-7-15-3-1-2-4-17(15)11-19/h1-11,13-14H,12H2,(H,27,29). The van der Waals surface area contributed by atoms with Crippen LogP contribution in [0.25, 0.3) is 32.1 Å². The first kappa shape index (κ1) is 19.5. The molecule has 0 spiro atoms. The Balaban J connectivity index is 1.43. The second-order valence-electron chi connectivity index (χ2n) is 7.12. The SMILES string of the molecule is O=C(Cn1cnc2scc(-c3ccc(Cl)cc3)c2c1=O)Nc1ccc2ccccc2c1. The quantitative estimate of drug-likeness (QED) is 0.393. The summed E-state index contributed by atoms with van der Waals surface area (Å²) in [5.41, 5.74) is 2.11. The maximum atomic E-state index is 13.1. The topological polar surface area (TPSA) is 64.0 Å². The number of amides is 1. The second kappa shape index (κ2) is 7.98. The maximum absolute atomic E-state index is 13.1. The molecule has 0 saturated heterocycles. The Hall–Kier alpha value is -3.48. The molecule has 2 heterocycles. The highest BCUT2D eigenvalue weighted by atomic mass is 35.5. The van der Waals surface area contributed by atoms with Crippen molar-refractivity contribution in [2.45, 2.75) is 6.54 Å². The monoisotopic (exact) mass is 445 g/mol. The zero-order valence-electron chi connectivity index (χ0n) is 16.2. The summed E-state index contributed by atoms with van der Waals surface area (Å²) in [5, 5.41) is 8.04. The van der Waals surface area contributed by atoms with Gasteiger partial charge in [-0.1, -0.05) is 54.1 Å². The van der Waals surface area contributed by atoms with E-state index in [1.54, 1.807) is 12.1 Å². The van der Waals surface area contributed by atoms with Gasteiger partial charge in [-0.05, 0) is 40.6 Å². The Morgan fingerprint density at radius 1 is 1.03 bits per heavy atom. The molecule has 1 N–H and O–H groups in total. The van der Waals surface area contributed by atoms with Crippen LogP contribution in [0.4, 0.5) is 5.69 Å². The summed E-state index contributed by atoms with van der Waals surface area (Å²) in [5.74, 6) is -0.290. The van der Waals surface area contributed by atoms with Gasteiger partial charge in [-0.3, -0.25) is 14.2 Å². The van der Waals surface area contributed by atoms with Crippen LogP contribution in [0.15, 0.2) is 83.2 Å². The van der Waals surface area contributed by atoms with E-state index in [1.165, 1.54) is 22.2 Å². The lowest BCUT2D eigenvalue weighted by Gasteiger charge is -2.09. The van der Waals surface area contributed by atoms with Crippen molar-refractivity contribution in [2.24, 2.45) is 0 Å². The number of carbonyl (C=O) groups excluding carboxylic acids is 1. The number of hydrogen-bond donors (Lipinski definition) is 1. The number of fused-ring (bicyclic) bond motifs is 2. The average Bonchev–Trinajstić information content (AvgIpc) is 3.21. The number of benzene rings is 3. The van der Waals surface area contributed by atoms with Gasteiger partial charge in [-0.25, -0.2) is 4.98 Å². The molecular weight excluding hydrogens is 430 g/mol. The molecular formula is C24H16ClN3O2S. The fourth-order valence-corrected chi connectivity index (χ4v) is 4.58. The first-order valence-electron chi connectivity index (χ1n) is 9.60. The molecule has 5 rings (SSSR count). The molecule has 7 heteroatoms. The number of aromatic nitrogens is 2. The minimum absolute atomic E-state index is 0.121. The smallest absolute Gasteiger partial charge is 0.263 e. The van der Waals surface area contributed by atoms with Gasteiger partial charge in [-0.2, -0.15) is 0 Å². The maximum Gasteiger partial charge on any atom is 0.263 e. The summed E-state index contributed by atoms with van der Waals surface area (Å²) < 4.78 is 1.34. The van der Waals surface area contributed by atoms with Gasteiger partial charge in [0.1, 0.15) is 11.4 Å². The first-order valence-corrected chi connectivity index (χ1v) is 10.9. The summed E-state index contributed by atoms with van der Waals surface area (Å²) in [6.45, 7) is -0.121. The normalized spacial score (nSPS) is 11.1. The molecule has 0 atom stereocenters. The highest BCUT2D eigenvalue weighted by Gasteiger charge is 2.15. The molecule has 1 amide bonds. The van der Waals surface area contributed by atoms with Crippen LogP contribution < -0.4 is 10.9 Å². The number of rotatable bonds is 4. The fraction of sp³-hybridized carbons (Fsp3) is 0.0417. The van der Waals surface area contributed by atoms with Crippen LogP contribution in [0.5, 0.6) is 0 Å². The van der Waals surface area contributed by atoms with Crippen LogP contribution in [0, 0.1) is 0 Å². The van der Waals surface area contributed by atoms with Crippen LogP contribution >= 0.6 is 22.9 Å². The minimum Gasteiger partial charge on any atom is -0.325 e. The number of nitrogens with one attached hydrogen (secondary N) is 1. The average molecular weight is 446 g/mol. The van der Waals surface area contributed by atoms with E-state index in [0.29, 0.717) is 20.9 Å². The number of halogens is 1. The third-order valence-corrected chi connectivity index (χ3v) is 6.20. The van der Waals surface area contributed by atoms with Crippen LogP contribution in [0.3, 0.4) is 0 Å². The summed E-state index contributed by atoms with van der Waals surface area (Å²) in [6, 6.07) is 20.9. The van der Waals surface area contributed by atoms with Crippen molar-refractivity contribution < 1.29 is 4.79 Å². The Labute approximate surface area is 186 Å². The number of hydrogen-bond acceptors (Lipinski definition) is 4. The van der Waals surface area contributed by atoms with Gasteiger partial charge in [-0.15, -0.1) is 11.3 Å². The van der Waals surface area contributed by atoms with Crippen molar-refractivity contribution in [2.75, 3.05) is 5.32 Å². The largest absolute Gasteiger partial charge is 0.325 e. The van der Waals surface area contributed by atoms with E-state index in [0.717, 1.165) is 21.9 Å². The molecule has 2 aromatic heterocycles. The molecule has 0 bridgehead atoms. The summed E-state index contributed by atoms with van der Waals surface area (Å²) in [4.78, 5) is 30.8. The lowest BCUT2D eigenvalue weighted by Crippen LogP contribution is -2.27. The molecule has 0 unspecified atom stereocenters. The van der Waals surface area contributed by atoms with Gasteiger partial charge in [0.15, 0.2) is 0 Å². The summed E-state index contributed by atoms with van der Waals surface area (Å²) in [7, 11) is 0. The van der Waals surface area contributed by atoms with Crippen molar-refractivity contribution in [3.05, 3.63) is 93.8 Å². The fourth-order valence-electron chi connectivity index (χ4n) is 3.54. The van der Waals surface area contributed by atoms with Crippen molar-refractivity contribution in [3.63, 3.8) is 0 Å². The number of nitrogens with zero attached hydrogens (tertiary/aromatic N) is 2. The molecule has 5 aromatic rings. The van der Waals surface area contributed by atoms with E-state index in [9.17, 15) is 9.59 Å². The van der Waals surface area contributed by atoms with E-state index in [2.05, 4.69) is 10.3 Å². The van der Waals surface area contributed by atoms with E-state index in [4.69, 9.17) is 11.6 Å². The molecule has 152 valence electrons. The highest BCUT2D eigenvalue weighted by molar-refractivity contribution is 7.17. The van der Waals surface area contributed by atoms with Gasteiger partial charge in [0, 0.05) is 21.7 Å². The van der Waals surface area contributed by atoms with E-state index >= 15 is 0 Å². The van der Waals surface area contributed by atoms with Gasteiger partial charge in [0.05, 0.1) is 11.7 Å². The Morgan fingerprint density at radius 2 is 1.81 bits per heavy atom. The zero-order chi connectivity index (χ0) is 21.4. The third-order valence-electron chi connectivity index (χ3n) is 5.06. The molecule has 0 aliphatic heterocycles. The van der Waals surface area contributed by atoms with Crippen LogP contribution in [-0.4, -0.2) is 15.5 Å². The van der Waals surface area contributed by atoms with Gasteiger partial charge in [0.2, 0.25) is 5.91 Å². The molecule has 0 fully saturated rings. The van der Waals surface area contributed by atoms with E-state index in [1.807, 2.05) is 60.0 Å². The molecule has 0 radical (unpaired) electrons. The second-order valence-corrected chi connectivity index (χ2v) is 8.42. The number of carbonyl (C=O) groups is 1. The third kappa shape index (κ3) is 3.83. The molecule has 31 heavy (non-hydrogen) atoms. The molecule has 0 saturated carbocycles. The Bertz CT molecular complexity index is 1490. The van der Waals surface area contributed by atoms with Gasteiger partial charge in [0.25, 0.3) is 5.56 Å². The van der Waals surface area contributed by atoms with Crippen molar-refractivity contribution in [3.8, 4) is 11.1 Å². The Kier molecular flexibility index (Phi) is 5.02. The van der Waals surface area contributed by atoms with Crippen molar-refractivity contribution in [1.29, 1.82) is 0 Å². The highest BCUT2D eigenvalue weighted by Crippen LogP contribution is 2.31. The first-order chi connectivity index (χ1) is 15.1. The summed E-state index contributed by atoms with van der Waals surface area (Å²) in [6.07, 6.45) is 1.42. The Morgan fingerprint density at radius 3 is 2.61 bits per heavy atom. The van der Waals surface area contributed by atoms with Gasteiger partial charge >= 0.3 is 0 Å². The lowest BCUT2D eigenvalue weighted by atomic mass is 10.1. The van der Waals surface area contributed by atoms with Crippen LogP contribution in [-0.2, 0) is 11.3 Å². The lowest BCUT2D eigenvalue weighted by molar-refractivity contribution is -0.116. The zero-order valence-corrected chi connectivity index (χ0v) is 17.8. The van der Waals surface area contributed by atoms with E-state index in [-0.39, 0.29) is 18.0 Å². The predicted molar refractivity (Wildman–Crippen MR) is 127 cm³/mol. The number of thiophene rings is 1. The van der Waals surface area contributed by atoms with Crippen molar-refractivity contribution >= 4 is 55.5 Å². The molecule has 0 aliphatic rings. The molecule has 5 nitrogen and oxygen atoms in total. The van der Waals surface area contributed by atoms with Crippen LogP contribution in [0.2, 0.25) is 5.02 Å². The van der Waals surface area contributed by atoms with E-state index < -0.39 is 0 Å². The molecule has 0 aliphatic carbocycles. The van der Waals surface area contributed by atoms with Gasteiger partial charge < -0.3 is 5.32 Å². The predicted octanol–water partition coefficient (Wildman–Crippen LogP) is 5.57. The molecule has 3 aromatic carbocycles. The van der Waals surface area contributed by atoms with Crippen molar-refractivity contribution in [1.82, 2.24) is 9.55 Å². The minimum atomic E-state index is -0.290.